The van der Waals surface area contributed by atoms with Crippen LogP contribution in [0.4, 0.5) is 11.4 Å². The van der Waals surface area contributed by atoms with Crippen molar-refractivity contribution in [3.63, 3.8) is 0 Å². The van der Waals surface area contributed by atoms with Crippen LogP contribution in [-0.4, -0.2) is 35.6 Å². The van der Waals surface area contributed by atoms with Crippen LogP contribution in [0.25, 0.3) is 0 Å². The monoisotopic (exact) mass is 340 g/mol. The summed E-state index contributed by atoms with van der Waals surface area (Å²) in [5, 5.41) is 5.61. The molecule has 0 radical (unpaired) electrons. The molecule has 2 heterocycles. The topological polar surface area (TPSA) is 106 Å². The Labute approximate surface area is 145 Å². The lowest BCUT2D eigenvalue weighted by molar-refractivity contribution is -0.126. The van der Waals surface area contributed by atoms with Gasteiger partial charge in [-0.05, 0) is 43.2 Å². The number of hydrogen-bond donors (Lipinski definition) is 3. The van der Waals surface area contributed by atoms with Gasteiger partial charge < -0.3 is 21.1 Å². The minimum atomic E-state index is -0.483. The Hall–Kier alpha value is -2.77. The van der Waals surface area contributed by atoms with Crippen LogP contribution in [0.3, 0.4) is 0 Å². The number of amides is 2. The zero-order valence-electron chi connectivity index (χ0n) is 13.6. The van der Waals surface area contributed by atoms with E-state index >= 15 is 0 Å². The molecule has 1 aromatic heterocycles. The Morgan fingerprint density at radius 1 is 1.12 bits per heavy atom. The lowest BCUT2D eigenvalue weighted by Crippen LogP contribution is -2.29. The summed E-state index contributed by atoms with van der Waals surface area (Å²) in [6.07, 6.45) is 4.03. The van der Waals surface area contributed by atoms with Crippen molar-refractivity contribution in [1.82, 2.24) is 4.98 Å². The van der Waals surface area contributed by atoms with E-state index in [0.717, 1.165) is 6.42 Å². The molecule has 1 aromatic carbocycles. The van der Waals surface area contributed by atoms with Gasteiger partial charge in [0, 0.05) is 35.9 Å². The Bertz CT molecular complexity index is 751. The minimum Gasteiger partial charge on any atom is -0.364 e. The van der Waals surface area contributed by atoms with E-state index in [1.807, 2.05) is 0 Å². The third kappa shape index (κ3) is 4.40. The van der Waals surface area contributed by atoms with Crippen molar-refractivity contribution in [2.24, 2.45) is 5.73 Å². The van der Waals surface area contributed by atoms with Gasteiger partial charge in [0.25, 0.3) is 11.8 Å². The number of nitrogens with zero attached hydrogens (tertiary/aromatic N) is 1. The van der Waals surface area contributed by atoms with Crippen molar-refractivity contribution in [2.45, 2.75) is 25.0 Å². The summed E-state index contributed by atoms with van der Waals surface area (Å²) >= 11 is 0. The maximum Gasteiger partial charge on any atom is 0.255 e. The van der Waals surface area contributed by atoms with Crippen LogP contribution < -0.4 is 16.4 Å². The summed E-state index contributed by atoms with van der Waals surface area (Å²) in [7, 11) is 0. The molecule has 0 aliphatic carbocycles. The fourth-order valence-corrected chi connectivity index (χ4v) is 2.68. The van der Waals surface area contributed by atoms with Crippen molar-refractivity contribution in [3.8, 4) is 0 Å². The molecular weight excluding hydrogens is 320 g/mol. The smallest absolute Gasteiger partial charge is 0.255 e. The van der Waals surface area contributed by atoms with E-state index in [2.05, 4.69) is 15.6 Å². The number of benzene rings is 1. The van der Waals surface area contributed by atoms with E-state index in [-0.39, 0.29) is 17.9 Å². The third-order valence-electron chi connectivity index (χ3n) is 3.99. The standard InChI is InChI=1S/C18H20N4O3/c19-11-15-4-5-16(25-15)18(24)22-14-3-1-2-13(10-14)21-17(23)12-6-8-20-9-7-12/h1-3,6-10,15-16H,4-5,11,19H2,(H,21,23)(H,22,24)/t15-,16+/m1/s1. The van der Waals surface area contributed by atoms with E-state index in [9.17, 15) is 9.59 Å². The molecule has 1 saturated heterocycles. The van der Waals surface area contributed by atoms with Gasteiger partial charge in [0.15, 0.2) is 0 Å². The summed E-state index contributed by atoms with van der Waals surface area (Å²) in [6, 6.07) is 10.2. The van der Waals surface area contributed by atoms with Gasteiger partial charge in [-0.3, -0.25) is 14.6 Å². The van der Waals surface area contributed by atoms with E-state index in [1.54, 1.807) is 48.8 Å². The van der Waals surface area contributed by atoms with Gasteiger partial charge in [0.05, 0.1) is 6.10 Å². The first-order chi connectivity index (χ1) is 12.2. The first-order valence-electron chi connectivity index (χ1n) is 8.13. The van der Waals surface area contributed by atoms with Crippen LogP contribution in [-0.2, 0) is 9.53 Å². The molecule has 0 spiro atoms. The summed E-state index contributed by atoms with van der Waals surface area (Å²) < 4.78 is 5.58. The number of aromatic nitrogens is 1. The van der Waals surface area contributed by atoms with Gasteiger partial charge in [-0.25, -0.2) is 0 Å². The van der Waals surface area contributed by atoms with E-state index < -0.39 is 6.10 Å². The quantitative estimate of drug-likeness (QED) is 0.769. The molecule has 130 valence electrons. The Morgan fingerprint density at radius 3 is 2.52 bits per heavy atom. The van der Waals surface area contributed by atoms with Gasteiger partial charge in [0.2, 0.25) is 0 Å². The molecule has 7 nitrogen and oxygen atoms in total. The molecule has 0 bridgehead atoms. The van der Waals surface area contributed by atoms with E-state index in [0.29, 0.717) is 29.9 Å². The molecule has 0 unspecified atom stereocenters. The number of pyridine rings is 1. The second kappa shape index (κ2) is 7.87. The molecule has 25 heavy (non-hydrogen) atoms. The van der Waals surface area contributed by atoms with Gasteiger partial charge in [0.1, 0.15) is 6.10 Å². The molecular formula is C18H20N4O3. The van der Waals surface area contributed by atoms with Gasteiger partial charge in [-0.1, -0.05) is 6.07 Å². The first kappa shape index (κ1) is 17.1. The summed E-state index contributed by atoms with van der Waals surface area (Å²) in [6.45, 7) is 0.417. The fraction of sp³-hybridized carbons (Fsp3) is 0.278. The zero-order chi connectivity index (χ0) is 17.6. The van der Waals surface area contributed by atoms with Crippen molar-refractivity contribution in [1.29, 1.82) is 0 Å². The number of hydrogen-bond acceptors (Lipinski definition) is 5. The Balaban J connectivity index is 1.62. The second-order valence-electron chi connectivity index (χ2n) is 5.82. The van der Waals surface area contributed by atoms with Crippen molar-refractivity contribution in [3.05, 3.63) is 54.4 Å². The Morgan fingerprint density at radius 2 is 1.84 bits per heavy atom. The average molecular weight is 340 g/mol. The fourth-order valence-electron chi connectivity index (χ4n) is 2.68. The molecule has 7 heteroatoms. The average Bonchev–Trinajstić information content (AvgIpc) is 3.12. The highest BCUT2D eigenvalue weighted by Crippen LogP contribution is 2.22. The normalized spacial score (nSPS) is 19.4. The molecule has 1 aliphatic rings. The van der Waals surface area contributed by atoms with Crippen molar-refractivity contribution in [2.75, 3.05) is 17.2 Å². The second-order valence-corrected chi connectivity index (χ2v) is 5.82. The van der Waals surface area contributed by atoms with Crippen molar-refractivity contribution < 1.29 is 14.3 Å². The predicted molar refractivity (Wildman–Crippen MR) is 94.2 cm³/mol. The number of nitrogens with one attached hydrogen (secondary N) is 2. The summed E-state index contributed by atoms with van der Waals surface area (Å²) in [5.41, 5.74) is 7.26. The molecule has 2 aromatic rings. The molecule has 3 rings (SSSR count). The van der Waals surface area contributed by atoms with Gasteiger partial charge in [-0.2, -0.15) is 0 Å². The molecule has 1 fully saturated rings. The van der Waals surface area contributed by atoms with Crippen LogP contribution in [0.5, 0.6) is 0 Å². The highest BCUT2D eigenvalue weighted by molar-refractivity contribution is 6.04. The molecule has 2 atom stereocenters. The number of nitrogens with two attached hydrogens (primary N) is 1. The van der Waals surface area contributed by atoms with Crippen LogP contribution >= 0.6 is 0 Å². The van der Waals surface area contributed by atoms with Gasteiger partial charge >= 0.3 is 0 Å². The third-order valence-corrected chi connectivity index (χ3v) is 3.99. The molecule has 2 amide bonds. The minimum absolute atomic E-state index is 0.0539. The lowest BCUT2D eigenvalue weighted by Gasteiger charge is -2.13. The lowest BCUT2D eigenvalue weighted by atomic mass is 10.2. The summed E-state index contributed by atoms with van der Waals surface area (Å²) in [5.74, 6) is -0.440. The van der Waals surface area contributed by atoms with Crippen molar-refractivity contribution >= 4 is 23.2 Å². The van der Waals surface area contributed by atoms with Crippen LogP contribution in [0.2, 0.25) is 0 Å². The highest BCUT2D eigenvalue weighted by Gasteiger charge is 2.29. The molecule has 0 saturated carbocycles. The zero-order valence-corrected chi connectivity index (χ0v) is 13.6. The highest BCUT2D eigenvalue weighted by atomic mass is 16.5. The largest absolute Gasteiger partial charge is 0.364 e. The SMILES string of the molecule is NC[C@H]1CC[C@@H](C(=O)Nc2cccc(NC(=O)c3ccncc3)c2)O1. The maximum absolute atomic E-state index is 12.3. The molecule has 1 aliphatic heterocycles. The van der Waals surface area contributed by atoms with E-state index in [4.69, 9.17) is 10.5 Å². The number of carbonyl (C=O) groups is 2. The first-order valence-corrected chi connectivity index (χ1v) is 8.13. The van der Waals surface area contributed by atoms with Gasteiger partial charge in [-0.15, -0.1) is 0 Å². The number of carbonyl (C=O) groups excluding carboxylic acids is 2. The molecule has 4 N–H and O–H groups in total. The van der Waals surface area contributed by atoms with E-state index in [1.165, 1.54) is 0 Å². The maximum atomic E-state index is 12.3. The Kier molecular flexibility index (Phi) is 5.37. The van der Waals surface area contributed by atoms with Crippen LogP contribution in [0.1, 0.15) is 23.2 Å². The number of anilines is 2. The number of ether oxygens (including phenoxy) is 1. The number of rotatable bonds is 5. The predicted octanol–water partition coefficient (Wildman–Crippen LogP) is 1.78. The van der Waals surface area contributed by atoms with Crippen LogP contribution in [0.15, 0.2) is 48.8 Å². The summed E-state index contributed by atoms with van der Waals surface area (Å²) in [4.78, 5) is 28.3. The van der Waals surface area contributed by atoms with Crippen LogP contribution in [0, 0.1) is 0 Å².